The van der Waals surface area contributed by atoms with Crippen molar-refractivity contribution in [2.45, 2.75) is 24.8 Å². The van der Waals surface area contributed by atoms with Gasteiger partial charge in [-0.25, -0.2) is 4.79 Å². The second kappa shape index (κ2) is 5.33. The maximum Gasteiger partial charge on any atom is 0.321 e. The van der Waals surface area contributed by atoms with Crippen molar-refractivity contribution in [3.8, 4) is 0 Å². The van der Waals surface area contributed by atoms with Gasteiger partial charge in [-0.05, 0) is 48.7 Å². The Morgan fingerprint density at radius 3 is 2.83 bits per heavy atom. The number of hydrogen-bond donors (Lipinski definition) is 2. The van der Waals surface area contributed by atoms with E-state index in [0.29, 0.717) is 6.54 Å². The van der Waals surface area contributed by atoms with E-state index in [1.807, 2.05) is 36.4 Å². The zero-order valence-corrected chi connectivity index (χ0v) is 13.4. The van der Waals surface area contributed by atoms with Crippen molar-refractivity contribution in [2.75, 3.05) is 17.7 Å². The lowest BCUT2D eigenvalue weighted by atomic mass is 10.00. The number of benzene rings is 1. The van der Waals surface area contributed by atoms with Crippen molar-refractivity contribution >= 4 is 23.3 Å². The van der Waals surface area contributed by atoms with Crippen LogP contribution in [0.1, 0.15) is 24.1 Å². The molecule has 2 N–H and O–H groups in total. The van der Waals surface area contributed by atoms with Crippen LogP contribution < -0.4 is 10.6 Å². The Morgan fingerprint density at radius 1 is 1.29 bits per heavy atom. The second-order valence-electron chi connectivity index (χ2n) is 6.41. The molecule has 1 saturated carbocycles. The van der Waals surface area contributed by atoms with Gasteiger partial charge in [0.1, 0.15) is 0 Å². The topological polar surface area (TPSA) is 74.3 Å². The van der Waals surface area contributed by atoms with E-state index >= 15 is 0 Å². The number of fused-ring (bicyclic) bond motifs is 1. The molecule has 1 aromatic carbocycles. The first-order chi connectivity index (χ1) is 11.6. The normalized spacial score (nSPS) is 17.7. The van der Waals surface area contributed by atoms with Gasteiger partial charge >= 0.3 is 6.03 Å². The smallest absolute Gasteiger partial charge is 0.321 e. The molecule has 2 aliphatic rings. The Hall–Kier alpha value is -2.89. The highest BCUT2D eigenvalue weighted by atomic mass is 16.2. The molecule has 1 aromatic heterocycles. The summed E-state index contributed by atoms with van der Waals surface area (Å²) in [5, 5.41) is 5.83. The summed E-state index contributed by atoms with van der Waals surface area (Å²) in [7, 11) is 1.74. The summed E-state index contributed by atoms with van der Waals surface area (Å²) in [4.78, 5) is 30.4. The minimum absolute atomic E-state index is 0.0191. The number of anilines is 2. The summed E-state index contributed by atoms with van der Waals surface area (Å²) in [5.41, 5.74) is 2.85. The van der Waals surface area contributed by atoms with Gasteiger partial charge in [0, 0.05) is 31.2 Å². The molecule has 2 heterocycles. The van der Waals surface area contributed by atoms with Crippen molar-refractivity contribution in [1.82, 2.24) is 9.88 Å². The van der Waals surface area contributed by atoms with Gasteiger partial charge in [0.15, 0.2) is 0 Å². The first-order valence-corrected chi connectivity index (χ1v) is 7.96. The quantitative estimate of drug-likeness (QED) is 0.912. The van der Waals surface area contributed by atoms with Gasteiger partial charge in [-0.3, -0.25) is 9.78 Å². The number of hydrogen-bond acceptors (Lipinski definition) is 3. The van der Waals surface area contributed by atoms with E-state index in [1.54, 1.807) is 18.1 Å². The first kappa shape index (κ1) is 14.7. The Balaban J connectivity index is 1.55. The zero-order chi connectivity index (χ0) is 16.7. The number of carbonyl (C=O) groups excluding carboxylic acids is 2. The number of pyridine rings is 1. The SMILES string of the molecule is CN1Cc2cc(NC(=O)C3(c4ccccn4)CC3)ccc2NC1=O. The minimum Gasteiger partial charge on any atom is -0.325 e. The van der Waals surface area contributed by atoms with E-state index in [2.05, 4.69) is 15.6 Å². The molecule has 122 valence electrons. The molecule has 3 amide bonds. The van der Waals surface area contributed by atoms with Gasteiger partial charge in [0.2, 0.25) is 5.91 Å². The predicted octanol–water partition coefficient (Wildman–Crippen LogP) is 2.73. The fourth-order valence-electron chi connectivity index (χ4n) is 3.08. The highest BCUT2D eigenvalue weighted by molar-refractivity contribution is 6.01. The molecule has 1 fully saturated rings. The Bertz CT molecular complexity index is 815. The third-order valence-electron chi connectivity index (χ3n) is 4.70. The number of aromatic nitrogens is 1. The van der Waals surface area contributed by atoms with Gasteiger partial charge in [0.25, 0.3) is 0 Å². The minimum atomic E-state index is -0.498. The fourth-order valence-corrected chi connectivity index (χ4v) is 3.08. The summed E-state index contributed by atoms with van der Waals surface area (Å²) in [5.74, 6) is -0.0191. The highest BCUT2D eigenvalue weighted by Gasteiger charge is 2.52. The molecule has 6 heteroatoms. The number of carbonyl (C=O) groups is 2. The first-order valence-electron chi connectivity index (χ1n) is 7.96. The van der Waals surface area contributed by atoms with Gasteiger partial charge < -0.3 is 15.5 Å². The molecule has 0 radical (unpaired) electrons. The Morgan fingerprint density at radius 2 is 2.12 bits per heavy atom. The largest absolute Gasteiger partial charge is 0.325 e. The van der Waals surface area contributed by atoms with Crippen molar-refractivity contribution in [1.29, 1.82) is 0 Å². The molecule has 1 aliphatic carbocycles. The molecule has 0 saturated heterocycles. The predicted molar refractivity (Wildman–Crippen MR) is 90.7 cm³/mol. The highest BCUT2D eigenvalue weighted by Crippen LogP contribution is 2.48. The lowest BCUT2D eigenvalue weighted by Crippen LogP contribution is -2.35. The lowest BCUT2D eigenvalue weighted by Gasteiger charge is -2.26. The summed E-state index contributed by atoms with van der Waals surface area (Å²) in [6, 6.07) is 11.1. The number of nitrogens with zero attached hydrogens (tertiary/aromatic N) is 2. The standard InChI is InChI=1S/C18H18N4O2/c1-22-11-12-10-13(5-6-14(12)21-17(22)24)20-16(23)18(7-8-18)15-4-2-3-9-19-15/h2-6,9-10H,7-8,11H2,1H3,(H,20,23)(H,21,24). The van der Waals surface area contributed by atoms with Gasteiger partial charge in [-0.2, -0.15) is 0 Å². The molecular weight excluding hydrogens is 304 g/mol. The molecule has 0 atom stereocenters. The van der Waals surface area contributed by atoms with Crippen LogP contribution in [-0.4, -0.2) is 28.9 Å². The second-order valence-corrected chi connectivity index (χ2v) is 6.41. The molecule has 6 nitrogen and oxygen atoms in total. The number of rotatable bonds is 3. The van der Waals surface area contributed by atoms with E-state index in [1.165, 1.54) is 0 Å². The van der Waals surface area contributed by atoms with Crippen molar-refractivity contribution in [2.24, 2.45) is 0 Å². The molecule has 0 unspecified atom stereocenters. The van der Waals surface area contributed by atoms with Crippen LogP contribution in [-0.2, 0) is 16.8 Å². The molecule has 4 rings (SSSR count). The fraction of sp³-hybridized carbons (Fsp3) is 0.278. The molecule has 0 spiro atoms. The summed E-state index contributed by atoms with van der Waals surface area (Å²) >= 11 is 0. The summed E-state index contributed by atoms with van der Waals surface area (Å²) in [6.45, 7) is 0.524. The third-order valence-corrected chi connectivity index (χ3v) is 4.70. The van der Waals surface area contributed by atoms with Crippen LogP contribution in [0.2, 0.25) is 0 Å². The van der Waals surface area contributed by atoms with Crippen molar-refractivity contribution in [3.63, 3.8) is 0 Å². The summed E-state index contributed by atoms with van der Waals surface area (Å²) in [6.07, 6.45) is 3.36. The van der Waals surface area contributed by atoms with Crippen LogP contribution in [0.5, 0.6) is 0 Å². The van der Waals surface area contributed by atoms with Crippen LogP contribution >= 0.6 is 0 Å². The maximum absolute atomic E-state index is 12.8. The molecular formula is C18H18N4O2. The molecule has 0 bridgehead atoms. The average molecular weight is 322 g/mol. The number of amides is 3. The van der Waals surface area contributed by atoms with Crippen molar-refractivity contribution < 1.29 is 9.59 Å². The van der Waals surface area contributed by atoms with Gasteiger partial charge in [-0.1, -0.05) is 6.07 Å². The van der Waals surface area contributed by atoms with E-state index in [4.69, 9.17) is 0 Å². The third kappa shape index (κ3) is 2.40. The number of urea groups is 1. The lowest BCUT2D eigenvalue weighted by molar-refractivity contribution is -0.118. The maximum atomic E-state index is 12.8. The number of nitrogens with one attached hydrogen (secondary N) is 2. The molecule has 24 heavy (non-hydrogen) atoms. The zero-order valence-electron chi connectivity index (χ0n) is 13.4. The monoisotopic (exact) mass is 322 g/mol. The van der Waals surface area contributed by atoms with E-state index in [-0.39, 0.29) is 11.9 Å². The van der Waals surface area contributed by atoms with E-state index < -0.39 is 5.41 Å². The molecule has 1 aliphatic heterocycles. The van der Waals surface area contributed by atoms with E-state index in [0.717, 1.165) is 35.5 Å². The van der Waals surface area contributed by atoms with Gasteiger partial charge in [-0.15, -0.1) is 0 Å². The van der Waals surface area contributed by atoms with Crippen LogP contribution in [0, 0.1) is 0 Å². The summed E-state index contributed by atoms with van der Waals surface area (Å²) < 4.78 is 0. The Labute approximate surface area is 139 Å². The van der Waals surface area contributed by atoms with E-state index in [9.17, 15) is 9.59 Å². The average Bonchev–Trinajstić information content (AvgIpc) is 3.39. The van der Waals surface area contributed by atoms with Crippen LogP contribution in [0.15, 0.2) is 42.6 Å². The van der Waals surface area contributed by atoms with Gasteiger partial charge in [0.05, 0.1) is 11.1 Å². The van der Waals surface area contributed by atoms with Crippen LogP contribution in [0.25, 0.3) is 0 Å². The van der Waals surface area contributed by atoms with Crippen LogP contribution in [0.4, 0.5) is 16.2 Å². The van der Waals surface area contributed by atoms with Crippen LogP contribution in [0.3, 0.4) is 0 Å². The van der Waals surface area contributed by atoms with Crippen molar-refractivity contribution in [3.05, 3.63) is 53.9 Å². The Kier molecular flexibility index (Phi) is 3.26. The molecule has 2 aromatic rings.